The summed E-state index contributed by atoms with van der Waals surface area (Å²) >= 11 is 0. The molecule has 6 heteroatoms. The van der Waals surface area contributed by atoms with Crippen LogP contribution in [0.4, 0.5) is 0 Å². The predicted octanol–water partition coefficient (Wildman–Crippen LogP) is -4.87. The molecular weight excluding hydrogens is 303 g/mol. The molecule has 12 heavy (non-hydrogen) atoms. The van der Waals surface area contributed by atoms with Gasteiger partial charge in [0.15, 0.2) is 0 Å². The van der Waals surface area contributed by atoms with E-state index in [-0.39, 0.29) is 116 Å². The van der Waals surface area contributed by atoms with Crippen molar-refractivity contribution in [3.63, 3.8) is 0 Å². The normalized spacial score (nSPS) is 8.50. The molecule has 0 aromatic rings. The van der Waals surface area contributed by atoms with E-state index < -0.39 is 0 Å². The minimum Gasteiger partial charge on any atom is -0.676 e. The van der Waals surface area contributed by atoms with Crippen molar-refractivity contribution in [3.8, 4) is 0 Å². The zero-order valence-corrected chi connectivity index (χ0v) is 17.9. The van der Waals surface area contributed by atoms with Crippen LogP contribution >= 0.6 is 0 Å². The monoisotopic (exact) mass is 316 g/mol. The predicted molar refractivity (Wildman–Crippen MR) is 40.0 cm³/mol. The maximum absolute atomic E-state index is 6.72. The van der Waals surface area contributed by atoms with Gasteiger partial charge in [-0.1, -0.05) is 0 Å². The Hall–Kier alpha value is 3.45. The Morgan fingerprint density at radius 3 is 1.25 bits per heavy atom. The van der Waals surface area contributed by atoms with E-state index in [0.717, 1.165) is 0 Å². The Bertz CT molecular complexity index is 61.5. The maximum Gasteiger partial charge on any atom is 1.00 e. The van der Waals surface area contributed by atoms with Gasteiger partial charge in [-0.25, -0.2) is 0 Å². The Morgan fingerprint density at radius 1 is 0.667 bits per heavy atom. The third kappa shape index (κ3) is 19.1. The van der Waals surface area contributed by atoms with Gasteiger partial charge in [-0.2, -0.15) is 0 Å². The topological polar surface area (TPSA) is 66.1 Å². The molecular formula is C6H14N2O2Rb2. The Morgan fingerprint density at radius 2 is 1.00 bits per heavy atom. The fourth-order valence-corrected chi connectivity index (χ4v) is 0.466. The molecule has 0 aliphatic heterocycles. The van der Waals surface area contributed by atoms with Crippen LogP contribution in [0, 0.1) is 0 Å². The first kappa shape index (κ1) is 20.8. The zero-order chi connectivity index (χ0) is 7.66. The molecule has 0 aromatic heterocycles. The van der Waals surface area contributed by atoms with E-state index in [1.165, 1.54) is 0 Å². The molecule has 4 nitrogen and oxygen atoms in total. The van der Waals surface area contributed by atoms with Crippen LogP contribution < -0.4 is 116 Å². The van der Waals surface area contributed by atoms with Gasteiger partial charge in [-0.05, 0) is 0 Å². The van der Waals surface area contributed by atoms with Crippen LogP contribution in [0.5, 0.6) is 0 Å². The van der Waals surface area contributed by atoms with Crippen LogP contribution in [-0.4, -0.2) is 39.5 Å². The second-order valence-electron chi connectivity index (χ2n) is 1.72. The van der Waals surface area contributed by atoms with Crippen LogP contribution in [0.3, 0.4) is 0 Å². The average molecular weight is 317 g/mol. The second kappa shape index (κ2) is 19.9. The molecule has 2 N–H and O–H groups in total. The fourth-order valence-electron chi connectivity index (χ4n) is 0.466. The molecule has 0 aromatic carbocycles. The molecule has 0 amide bonds. The van der Waals surface area contributed by atoms with E-state index >= 15 is 0 Å². The van der Waals surface area contributed by atoms with Crippen LogP contribution in [0.25, 0.3) is 11.5 Å². The molecule has 62 valence electrons. The van der Waals surface area contributed by atoms with Crippen molar-refractivity contribution >= 4 is 0 Å². The Kier molecular flexibility index (Phi) is 34.6. The smallest absolute Gasteiger partial charge is 0.676 e. The van der Waals surface area contributed by atoms with Gasteiger partial charge >= 0.3 is 116 Å². The molecule has 0 heterocycles. The largest absolute Gasteiger partial charge is 1.00 e. The molecule has 0 aliphatic carbocycles. The summed E-state index contributed by atoms with van der Waals surface area (Å²) in [6.07, 6.45) is 0. The van der Waals surface area contributed by atoms with Gasteiger partial charge in [0.2, 0.25) is 0 Å². The fraction of sp³-hybridized carbons (Fsp3) is 1.00. The summed E-state index contributed by atoms with van der Waals surface area (Å²) in [6, 6.07) is 0. The summed E-state index contributed by atoms with van der Waals surface area (Å²) in [4.78, 5) is 0. The van der Waals surface area contributed by atoms with Gasteiger partial charge in [0.1, 0.15) is 0 Å². The molecule has 0 spiro atoms. The first-order valence-corrected chi connectivity index (χ1v) is 3.36. The summed E-state index contributed by atoms with van der Waals surface area (Å²) in [5, 5.41) is 0. The Balaban J connectivity index is -0.000000405. The molecule has 0 bridgehead atoms. The summed E-state index contributed by atoms with van der Waals surface area (Å²) < 4.78 is 9.91. The average Bonchev–Trinajstić information content (AvgIpc) is 1.97. The van der Waals surface area contributed by atoms with Crippen molar-refractivity contribution in [2.24, 2.45) is 0 Å². The first-order chi connectivity index (χ1) is 4.91. The van der Waals surface area contributed by atoms with Gasteiger partial charge < -0.3 is 20.9 Å². The van der Waals surface area contributed by atoms with Gasteiger partial charge in [-0.15, -0.1) is 13.1 Å². The van der Waals surface area contributed by atoms with Crippen molar-refractivity contribution in [3.05, 3.63) is 11.5 Å². The molecule has 0 aliphatic rings. The van der Waals surface area contributed by atoms with Crippen molar-refractivity contribution in [2.75, 3.05) is 39.5 Å². The van der Waals surface area contributed by atoms with Crippen molar-refractivity contribution in [2.45, 2.75) is 0 Å². The number of rotatable bonds is 7. The van der Waals surface area contributed by atoms with Gasteiger partial charge in [-0.3, -0.25) is 0 Å². The van der Waals surface area contributed by atoms with E-state index in [9.17, 15) is 0 Å². The van der Waals surface area contributed by atoms with Crippen LogP contribution in [-0.2, 0) is 9.47 Å². The number of nitrogens with one attached hydrogen (secondary N) is 2. The van der Waals surface area contributed by atoms with Gasteiger partial charge in [0.25, 0.3) is 0 Å². The molecule has 0 atom stereocenters. The summed E-state index contributed by atoms with van der Waals surface area (Å²) in [6.45, 7) is 2.64. The molecule has 0 unspecified atom stereocenters. The van der Waals surface area contributed by atoms with E-state index in [4.69, 9.17) is 20.9 Å². The molecule has 0 radical (unpaired) electrons. The van der Waals surface area contributed by atoms with E-state index in [1.807, 2.05) is 0 Å². The van der Waals surface area contributed by atoms with E-state index in [0.29, 0.717) is 39.5 Å². The number of ether oxygens (including phenoxy) is 2. The van der Waals surface area contributed by atoms with Crippen LogP contribution in [0.15, 0.2) is 0 Å². The van der Waals surface area contributed by atoms with Crippen molar-refractivity contribution < 1.29 is 126 Å². The standard InChI is InChI=1S/C6H14N2O2.2Rb/c7-1-3-9-5-6-10-4-2-8;;/h7-8H,1-6H2;;/q-2;2*+1. The van der Waals surface area contributed by atoms with Gasteiger partial charge in [0, 0.05) is 13.2 Å². The zero-order valence-electron chi connectivity index (χ0n) is 8.06. The number of hydrogen-bond donors (Lipinski definition) is 0. The SMILES string of the molecule is [NH-]CCOCCOCC[NH-].[Rb+].[Rb+]. The van der Waals surface area contributed by atoms with Crippen molar-refractivity contribution in [1.82, 2.24) is 0 Å². The number of hydrogen-bond acceptors (Lipinski definition) is 2. The maximum atomic E-state index is 6.72. The van der Waals surface area contributed by atoms with Gasteiger partial charge in [0.05, 0.1) is 13.2 Å². The third-order valence-electron chi connectivity index (χ3n) is 0.865. The summed E-state index contributed by atoms with van der Waals surface area (Å²) in [7, 11) is 0. The quantitative estimate of drug-likeness (QED) is 0.442. The second-order valence-corrected chi connectivity index (χ2v) is 1.72. The Labute approximate surface area is 172 Å². The molecule has 0 saturated carbocycles. The minimum atomic E-state index is 0. The summed E-state index contributed by atoms with van der Waals surface area (Å²) in [5.41, 5.74) is 13.4. The first-order valence-electron chi connectivity index (χ1n) is 3.36. The molecule has 0 rings (SSSR count). The minimum absolute atomic E-state index is 0. The van der Waals surface area contributed by atoms with E-state index in [1.54, 1.807) is 0 Å². The third-order valence-corrected chi connectivity index (χ3v) is 0.865. The summed E-state index contributed by atoms with van der Waals surface area (Å²) in [5.74, 6) is 0. The van der Waals surface area contributed by atoms with Crippen LogP contribution in [0.2, 0.25) is 0 Å². The molecule has 0 saturated heterocycles. The van der Waals surface area contributed by atoms with E-state index in [2.05, 4.69) is 0 Å². The van der Waals surface area contributed by atoms with Crippen LogP contribution in [0.1, 0.15) is 0 Å². The van der Waals surface area contributed by atoms with Crippen molar-refractivity contribution in [1.29, 1.82) is 0 Å². The molecule has 0 fully saturated rings.